The molecule has 0 aromatic heterocycles. The Kier molecular flexibility index (Phi) is 4.91. The average molecular weight is 312 g/mol. The highest BCUT2D eigenvalue weighted by Gasteiger charge is 2.32. The van der Waals surface area contributed by atoms with Gasteiger partial charge in [0.2, 0.25) is 0 Å². The fourth-order valence-electron chi connectivity index (χ4n) is 2.65. The minimum Gasteiger partial charge on any atom is -0.497 e. The van der Waals surface area contributed by atoms with Crippen LogP contribution in [0.25, 0.3) is 0 Å². The van der Waals surface area contributed by atoms with E-state index in [2.05, 4.69) is 11.8 Å². The minimum atomic E-state index is -3.28. The van der Waals surface area contributed by atoms with Crippen LogP contribution in [0.4, 0.5) is 0 Å². The molecule has 1 saturated heterocycles. The molecule has 118 valence electrons. The van der Waals surface area contributed by atoms with Gasteiger partial charge in [0.25, 0.3) is 0 Å². The Hall–Kier alpha value is -1.11. The largest absolute Gasteiger partial charge is 0.497 e. The first-order valence-corrected chi connectivity index (χ1v) is 8.83. The summed E-state index contributed by atoms with van der Waals surface area (Å²) in [5.41, 5.74) is 5.90. The SMILES string of the molecule is COc1cccc(S(=O)(=O)CCN2CCC(C)(CN)C2)c1. The monoisotopic (exact) mass is 312 g/mol. The predicted molar refractivity (Wildman–Crippen MR) is 83.3 cm³/mol. The molecule has 1 unspecified atom stereocenters. The van der Waals surface area contributed by atoms with Gasteiger partial charge in [-0.1, -0.05) is 13.0 Å². The zero-order valence-corrected chi connectivity index (χ0v) is 13.5. The number of rotatable bonds is 6. The number of hydrogen-bond acceptors (Lipinski definition) is 5. The van der Waals surface area contributed by atoms with Crippen LogP contribution in [-0.2, 0) is 9.84 Å². The van der Waals surface area contributed by atoms with Gasteiger partial charge in [0.1, 0.15) is 5.75 Å². The van der Waals surface area contributed by atoms with Crippen LogP contribution in [-0.4, -0.2) is 52.4 Å². The molecule has 2 rings (SSSR count). The summed E-state index contributed by atoms with van der Waals surface area (Å²) in [6.45, 7) is 5.14. The zero-order chi connectivity index (χ0) is 15.5. The van der Waals surface area contributed by atoms with Crippen LogP contribution in [0, 0.1) is 5.41 Å². The fraction of sp³-hybridized carbons (Fsp3) is 0.600. The van der Waals surface area contributed by atoms with Crippen molar-refractivity contribution in [3.63, 3.8) is 0 Å². The number of hydrogen-bond donors (Lipinski definition) is 1. The van der Waals surface area contributed by atoms with E-state index in [4.69, 9.17) is 10.5 Å². The number of nitrogens with two attached hydrogens (primary N) is 1. The van der Waals surface area contributed by atoms with Crippen molar-refractivity contribution in [3.8, 4) is 5.75 Å². The van der Waals surface area contributed by atoms with Crippen molar-refractivity contribution in [3.05, 3.63) is 24.3 Å². The molecule has 0 radical (unpaired) electrons. The van der Waals surface area contributed by atoms with Crippen molar-refractivity contribution in [2.75, 3.05) is 39.0 Å². The Labute approximate surface area is 127 Å². The van der Waals surface area contributed by atoms with Crippen molar-refractivity contribution < 1.29 is 13.2 Å². The highest BCUT2D eigenvalue weighted by atomic mass is 32.2. The van der Waals surface area contributed by atoms with E-state index in [9.17, 15) is 8.42 Å². The van der Waals surface area contributed by atoms with Crippen molar-refractivity contribution in [1.82, 2.24) is 4.90 Å². The Bertz CT molecular complexity index is 588. The molecule has 1 atom stereocenters. The molecule has 2 N–H and O–H groups in total. The van der Waals surface area contributed by atoms with E-state index in [1.54, 1.807) is 24.3 Å². The lowest BCUT2D eigenvalue weighted by molar-refractivity contribution is 0.291. The topological polar surface area (TPSA) is 72.6 Å². The standard InChI is InChI=1S/C15H24N2O3S/c1-15(11-16)6-7-17(12-15)8-9-21(18,19)14-5-3-4-13(10-14)20-2/h3-5,10H,6-9,11-12,16H2,1-2H3. The number of nitrogens with zero attached hydrogens (tertiary/aromatic N) is 1. The van der Waals surface area contributed by atoms with E-state index in [1.165, 1.54) is 7.11 Å². The van der Waals surface area contributed by atoms with Crippen molar-refractivity contribution in [2.24, 2.45) is 11.1 Å². The summed E-state index contributed by atoms with van der Waals surface area (Å²) in [6, 6.07) is 6.63. The van der Waals surface area contributed by atoms with E-state index in [0.29, 0.717) is 23.7 Å². The maximum atomic E-state index is 12.4. The highest BCUT2D eigenvalue weighted by Crippen LogP contribution is 2.28. The molecule has 0 bridgehead atoms. The number of benzene rings is 1. The molecule has 1 heterocycles. The second kappa shape index (κ2) is 6.34. The molecule has 1 aliphatic rings. The maximum Gasteiger partial charge on any atom is 0.179 e. The third-order valence-electron chi connectivity index (χ3n) is 4.21. The third-order valence-corrected chi connectivity index (χ3v) is 5.90. The second-order valence-electron chi connectivity index (χ2n) is 6.04. The van der Waals surface area contributed by atoms with Crippen LogP contribution < -0.4 is 10.5 Å². The van der Waals surface area contributed by atoms with Gasteiger partial charge in [-0.2, -0.15) is 0 Å². The zero-order valence-electron chi connectivity index (χ0n) is 12.7. The smallest absolute Gasteiger partial charge is 0.179 e. The maximum absolute atomic E-state index is 12.4. The molecule has 1 fully saturated rings. The van der Waals surface area contributed by atoms with E-state index >= 15 is 0 Å². The van der Waals surface area contributed by atoms with Gasteiger partial charge in [0.05, 0.1) is 17.8 Å². The molecule has 5 nitrogen and oxygen atoms in total. The molecule has 21 heavy (non-hydrogen) atoms. The van der Waals surface area contributed by atoms with Gasteiger partial charge >= 0.3 is 0 Å². The van der Waals surface area contributed by atoms with Crippen LogP contribution >= 0.6 is 0 Å². The lowest BCUT2D eigenvalue weighted by Crippen LogP contribution is -2.33. The van der Waals surface area contributed by atoms with Gasteiger partial charge in [-0.05, 0) is 43.1 Å². The van der Waals surface area contributed by atoms with E-state index in [-0.39, 0.29) is 11.2 Å². The normalized spacial score (nSPS) is 23.4. The number of ether oxygens (including phenoxy) is 1. The van der Waals surface area contributed by atoms with Gasteiger partial charge in [-0.3, -0.25) is 0 Å². The number of sulfone groups is 1. The van der Waals surface area contributed by atoms with Crippen LogP contribution in [0.2, 0.25) is 0 Å². The van der Waals surface area contributed by atoms with Gasteiger partial charge in [0, 0.05) is 13.1 Å². The summed E-state index contributed by atoms with van der Waals surface area (Å²) in [5.74, 6) is 0.689. The molecular formula is C15H24N2O3S. The average Bonchev–Trinajstić information content (AvgIpc) is 2.88. The van der Waals surface area contributed by atoms with Gasteiger partial charge in [-0.25, -0.2) is 8.42 Å². The Balaban J connectivity index is 1.99. The summed E-state index contributed by atoms with van der Waals surface area (Å²) in [5, 5.41) is 0. The van der Waals surface area contributed by atoms with E-state index < -0.39 is 9.84 Å². The van der Waals surface area contributed by atoms with Crippen LogP contribution in [0.5, 0.6) is 5.75 Å². The quantitative estimate of drug-likeness (QED) is 0.853. The first-order chi connectivity index (χ1) is 9.88. The molecule has 1 aliphatic heterocycles. The Morgan fingerprint density at radius 1 is 1.43 bits per heavy atom. The first kappa shape index (κ1) is 16.3. The summed E-state index contributed by atoms with van der Waals surface area (Å²) in [7, 11) is -1.75. The summed E-state index contributed by atoms with van der Waals surface area (Å²) in [6.07, 6.45) is 1.03. The number of methoxy groups -OCH3 is 1. The van der Waals surface area contributed by atoms with Gasteiger partial charge in [0.15, 0.2) is 9.84 Å². The van der Waals surface area contributed by atoms with Crippen LogP contribution in [0.1, 0.15) is 13.3 Å². The summed E-state index contributed by atoms with van der Waals surface area (Å²) < 4.78 is 29.8. The third kappa shape index (κ3) is 3.96. The molecule has 0 saturated carbocycles. The van der Waals surface area contributed by atoms with Crippen molar-refractivity contribution >= 4 is 9.84 Å². The summed E-state index contributed by atoms with van der Waals surface area (Å²) >= 11 is 0. The molecular weight excluding hydrogens is 288 g/mol. The fourth-order valence-corrected chi connectivity index (χ4v) is 3.96. The van der Waals surface area contributed by atoms with Crippen molar-refractivity contribution in [1.29, 1.82) is 0 Å². The van der Waals surface area contributed by atoms with Gasteiger partial charge in [-0.15, -0.1) is 0 Å². The first-order valence-electron chi connectivity index (χ1n) is 7.18. The van der Waals surface area contributed by atoms with Gasteiger partial charge < -0.3 is 15.4 Å². The van der Waals surface area contributed by atoms with E-state index in [0.717, 1.165) is 19.5 Å². The molecule has 0 amide bonds. The lowest BCUT2D eigenvalue weighted by atomic mass is 9.90. The molecule has 0 spiro atoms. The Morgan fingerprint density at radius 2 is 2.19 bits per heavy atom. The Morgan fingerprint density at radius 3 is 2.81 bits per heavy atom. The van der Waals surface area contributed by atoms with Crippen LogP contribution in [0.15, 0.2) is 29.2 Å². The molecule has 6 heteroatoms. The summed E-state index contributed by atoms with van der Waals surface area (Å²) in [4.78, 5) is 2.51. The van der Waals surface area contributed by atoms with E-state index in [1.807, 2.05) is 0 Å². The molecule has 0 aliphatic carbocycles. The number of likely N-dealkylation sites (tertiary alicyclic amines) is 1. The molecule has 1 aromatic rings. The predicted octanol–water partition coefficient (Wildman–Crippen LogP) is 1.14. The van der Waals surface area contributed by atoms with Crippen molar-refractivity contribution in [2.45, 2.75) is 18.2 Å². The second-order valence-corrected chi connectivity index (χ2v) is 8.15. The lowest BCUT2D eigenvalue weighted by Gasteiger charge is -2.22. The highest BCUT2D eigenvalue weighted by molar-refractivity contribution is 7.91. The van der Waals surface area contributed by atoms with Crippen LogP contribution in [0.3, 0.4) is 0 Å². The minimum absolute atomic E-state index is 0.125. The molecule has 1 aromatic carbocycles.